The lowest BCUT2D eigenvalue weighted by Crippen LogP contribution is -2.07. The molecule has 7 heteroatoms. The second-order valence-corrected chi connectivity index (χ2v) is 7.14. The van der Waals surface area contributed by atoms with Gasteiger partial charge in [0, 0.05) is 33.9 Å². The molecule has 6 nitrogen and oxygen atoms in total. The molecule has 0 atom stereocenters. The lowest BCUT2D eigenvalue weighted by molar-refractivity contribution is 0.0696. The van der Waals surface area contributed by atoms with Crippen LogP contribution in [0.2, 0.25) is 5.02 Å². The molecule has 0 saturated heterocycles. The fourth-order valence-electron chi connectivity index (χ4n) is 3.11. The SMILES string of the molecule is Cc1ccc(N=Cc2cc(C)n(-c3cc(C(=O)O)cc(C(=O)O)c3)c2C)cc1Cl. The van der Waals surface area contributed by atoms with Crippen LogP contribution in [0.3, 0.4) is 0 Å². The fraction of sp³-hybridized carbons (Fsp3) is 0.136. The standard InChI is InChI=1S/C22H19ClN2O4/c1-12-4-5-18(10-20(12)23)24-11-17-6-13(2)25(14(17)3)19-8-15(21(26)27)7-16(9-19)22(28)29/h4-11H,1-3H3,(H,26,27)(H,28,29). The first-order valence-corrected chi connectivity index (χ1v) is 9.16. The monoisotopic (exact) mass is 410 g/mol. The predicted molar refractivity (Wildman–Crippen MR) is 113 cm³/mol. The smallest absolute Gasteiger partial charge is 0.335 e. The number of benzene rings is 2. The minimum absolute atomic E-state index is 0.0862. The highest BCUT2D eigenvalue weighted by Crippen LogP contribution is 2.25. The van der Waals surface area contributed by atoms with Gasteiger partial charge in [0.05, 0.1) is 16.8 Å². The zero-order valence-electron chi connectivity index (χ0n) is 16.1. The first-order valence-electron chi connectivity index (χ1n) is 8.78. The van der Waals surface area contributed by atoms with E-state index in [0.717, 1.165) is 28.6 Å². The number of aryl methyl sites for hydroxylation is 2. The first kappa shape index (κ1) is 20.4. The highest BCUT2D eigenvalue weighted by atomic mass is 35.5. The van der Waals surface area contributed by atoms with E-state index < -0.39 is 11.9 Å². The Balaban J connectivity index is 2.06. The zero-order valence-corrected chi connectivity index (χ0v) is 16.9. The second kappa shape index (κ2) is 7.93. The minimum Gasteiger partial charge on any atom is -0.478 e. The van der Waals surface area contributed by atoms with Gasteiger partial charge >= 0.3 is 11.9 Å². The number of halogens is 1. The van der Waals surface area contributed by atoms with Crippen LogP contribution in [0, 0.1) is 20.8 Å². The maximum atomic E-state index is 11.4. The van der Waals surface area contributed by atoms with Crippen LogP contribution < -0.4 is 0 Å². The van der Waals surface area contributed by atoms with Crippen molar-refractivity contribution in [3.8, 4) is 5.69 Å². The summed E-state index contributed by atoms with van der Waals surface area (Å²) in [5.74, 6) is -2.37. The normalized spacial score (nSPS) is 11.2. The number of hydrogen-bond donors (Lipinski definition) is 2. The van der Waals surface area contributed by atoms with E-state index in [4.69, 9.17) is 11.6 Å². The van der Waals surface area contributed by atoms with Gasteiger partial charge in [0.1, 0.15) is 0 Å². The molecule has 0 fully saturated rings. The maximum absolute atomic E-state index is 11.4. The Labute approximate surface area is 172 Å². The molecule has 3 aromatic rings. The van der Waals surface area contributed by atoms with Crippen molar-refractivity contribution >= 4 is 35.4 Å². The highest BCUT2D eigenvalue weighted by Gasteiger charge is 2.16. The van der Waals surface area contributed by atoms with Gasteiger partial charge in [-0.3, -0.25) is 4.99 Å². The Morgan fingerprint density at radius 3 is 2.14 bits per heavy atom. The topological polar surface area (TPSA) is 91.9 Å². The van der Waals surface area contributed by atoms with Crippen LogP contribution in [0.5, 0.6) is 0 Å². The number of rotatable bonds is 5. The van der Waals surface area contributed by atoms with Crippen LogP contribution in [-0.4, -0.2) is 32.9 Å². The summed E-state index contributed by atoms with van der Waals surface area (Å²) < 4.78 is 1.81. The third kappa shape index (κ3) is 4.22. The summed E-state index contributed by atoms with van der Waals surface area (Å²) in [5, 5.41) is 19.3. The van der Waals surface area contributed by atoms with Gasteiger partial charge in [0.25, 0.3) is 0 Å². The molecule has 0 aliphatic heterocycles. The summed E-state index contributed by atoms with van der Waals surface area (Å²) in [4.78, 5) is 27.3. The van der Waals surface area contributed by atoms with Gasteiger partial charge < -0.3 is 14.8 Å². The number of aliphatic imine (C=N–C) groups is 1. The molecule has 3 rings (SSSR count). The van der Waals surface area contributed by atoms with Crippen molar-refractivity contribution in [3.05, 3.63) is 81.1 Å². The minimum atomic E-state index is -1.19. The van der Waals surface area contributed by atoms with Crippen LogP contribution >= 0.6 is 11.6 Å². The number of carbonyl (C=O) groups is 2. The molecule has 1 aromatic heterocycles. The van der Waals surface area contributed by atoms with E-state index in [0.29, 0.717) is 16.4 Å². The zero-order chi connectivity index (χ0) is 21.3. The number of hydrogen-bond acceptors (Lipinski definition) is 3. The van der Waals surface area contributed by atoms with Crippen molar-refractivity contribution < 1.29 is 19.8 Å². The Kier molecular flexibility index (Phi) is 5.57. The molecule has 0 aliphatic rings. The second-order valence-electron chi connectivity index (χ2n) is 6.73. The Morgan fingerprint density at radius 2 is 1.59 bits per heavy atom. The largest absolute Gasteiger partial charge is 0.478 e. The van der Waals surface area contributed by atoms with E-state index in [1.54, 1.807) is 12.3 Å². The van der Waals surface area contributed by atoms with Crippen molar-refractivity contribution in [1.82, 2.24) is 4.57 Å². The molecule has 0 saturated carbocycles. The van der Waals surface area contributed by atoms with E-state index in [2.05, 4.69) is 4.99 Å². The van der Waals surface area contributed by atoms with Gasteiger partial charge in [0.15, 0.2) is 0 Å². The molecule has 0 amide bonds. The molecule has 2 N–H and O–H groups in total. The highest BCUT2D eigenvalue weighted by molar-refractivity contribution is 6.31. The van der Waals surface area contributed by atoms with Crippen LogP contribution in [0.25, 0.3) is 5.69 Å². The van der Waals surface area contributed by atoms with E-state index in [1.165, 1.54) is 12.1 Å². The molecule has 148 valence electrons. The summed E-state index contributed by atoms with van der Waals surface area (Å²) in [7, 11) is 0. The predicted octanol–water partition coefficient (Wildman–Crippen LogP) is 5.20. The maximum Gasteiger partial charge on any atom is 0.335 e. The molecule has 0 unspecified atom stereocenters. The summed E-state index contributed by atoms with van der Waals surface area (Å²) in [5.41, 5.74) is 4.44. The summed E-state index contributed by atoms with van der Waals surface area (Å²) in [6.45, 7) is 5.64. The number of carboxylic acids is 2. The van der Waals surface area contributed by atoms with Crippen LogP contribution in [0.15, 0.2) is 47.5 Å². The lowest BCUT2D eigenvalue weighted by Gasteiger charge is -2.12. The van der Waals surface area contributed by atoms with Gasteiger partial charge in [-0.05, 0) is 62.7 Å². The van der Waals surface area contributed by atoms with Gasteiger partial charge in [-0.2, -0.15) is 0 Å². The molecule has 0 radical (unpaired) electrons. The van der Waals surface area contributed by atoms with Crippen molar-refractivity contribution in [1.29, 1.82) is 0 Å². The van der Waals surface area contributed by atoms with Gasteiger partial charge in [0.2, 0.25) is 0 Å². The third-order valence-electron chi connectivity index (χ3n) is 4.65. The molecule has 0 aliphatic carbocycles. The van der Waals surface area contributed by atoms with Gasteiger partial charge in [-0.15, -0.1) is 0 Å². The van der Waals surface area contributed by atoms with Crippen LogP contribution in [0.1, 0.15) is 43.2 Å². The summed E-state index contributed by atoms with van der Waals surface area (Å²) >= 11 is 6.14. The Bertz CT molecular complexity index is 1130. The van der Waals surface area contributed by atoms with Crippen LogP contribution in [-0.2, 0) is 0 Å². The van der Waals surface area contributed by atoms with Crippen molar-refractivity contribution in [2.45, 2.75) is 20.8 Å². The Morgan fingerprint density at radius 1 is 0.966 bits per heavy atom. The number of aromatic carboxylic acids is 2. The van der Waals surface area contributed by atoms with E-state index in [9.17, 15) is 19.8 Å². The summed E-state index contributed by atoms with van der Waals surface area (Å²) in [6.07, 6.45) is 1.71. The molecular formula is C22H19ClN2O4. The number of aromatic nitrogens is 1. The quantitative estimate of drug-likeness (QED) is 0.565. The van der Waals surface area contributed by atoms with E-state index in [-0.39, 0.29) is 11.1 Å². The van der Waals surface area contributed by atoms with Gasteiger partial charge in [-0.1, -0.05) is 17.7 Å². The third-order valence-corrected chi connectivity index (χ3v) is 5.06. The molecule has 29 heavy (non-hydrogen) atoms. The van der Waals surface area contributed by atoms with Crippen molar-refractivity contribution in [2.75, 3.05) is 0 Å². The molecule has 0 spiro atoms. The molecule has 0 bridgehead atoms. The number of nitrogens with zero attached hydrogens (tertiary/aromatic N) is 2. The van der Waals surface area contributed by atoms with Crippen LogP contribution in [0.4, 0.5) is 5.69 Å². The molecular weight excluding hydrogens is 392 g/mol. The average molecular weight is 411 g/mol. The lowest BCUT2D eigenvalue weighted by atomic mass is 10.1. The average Bonchev–Trinajstić information content (AvgIpc) is 2.95. The summed E-state index contributed by atoms with van der Waals surface area (Å²) in [6, 6.07) is 11.5. The molecule has 1 heterocycles. The van der Waals surface area contributed by atoms with Crippen molar-refractivity contribution in [2.24, 2.45) is 4.99 Å². The van der Waals surface area contributed by atoms with E-state index >= 15 is 0 Å². The van der Waals surface area contributed by atoms with Gasteiger partial charge in [-0.25, -0.2) is 9.59 Å². The first-order chi connectivity index (χ1) is 13.7. The molecule has 2 aromatic carbocycles. The number of carboxylic acid groups (broad SMARTS) is 2. The fourth-order valence-corrected chi connectivity index (χ4v) is 3.28. The van der Waals surface area contributed by atoms with E-state index in [1.807, 2.05) is 43.5 Å². The Hall–Kier alpha value is -3.38. The van der Waals surface area contributed by atoms with Crippen molar-refractivity contribution in [3.63, 3.8) is 0 Å².